The normalized spacial score (nSPS) is 20.6. The predicted octanol–water partition coefficient (Wildman–Crippen LogP) is 4.31. The van der Waals surface area contributed by atoms with Crippen molar-refractivity contribution in [1.29, 1.82) is 0 Å². The highest BCUT2D eigenvalue weighted by Gasteiger charge is 2.35. The molecule has 0 radical (unpaired) electrons. The predicted molar refractivity (Wildman–Crippen MR) is 183 cm³/mol. The molecule has 0 aromatic heterocycles. The van der Waals surface area contributed by atoms with Gasteiger partial charge in [-0.15, -0.1) is 0 Å². The molecule has 6 aliphatic rings. The van der Waals surface area contributed by atoms with Crippen molar-refractivity contribution in [3.63, 3.8) is 0 Å². The summed E-state index contributed by atoms with van der Waals surface area (Å²) >= 11 is 0. The van der Waals surface area contributed by atoms with Gasteiger partial charge in [0.2, 0.25) is 5.36 Å². The molecule has 1 atom stereocenters. The Morgan fingerprint density at radius 3 is 2.52 bits per heavy atom. The van der Waals surface area contributed by atoms with Gasteiger partial charge in [0.25, 0.3) is 5.91 Å². The lowest BCUT2D eigenvalue weighted by Crippen LogP contribution is -2.45. The van der Waals surface area contributed by atoms with E-state index in [1.54, 1.807) is 0 Å². The monoisotopic (exact) mass is 611 g/mol. The molecule has 0 fully saturated rings. The van der Waals surface area contributed by atoms with Gasteiger partial charge >= 0.3 is 0 Å². The Bertz CT molecular complexity index is 1960. The number of hydrogen-bond acceptors (Lipinski definition) is 4. The average Bonchev–Trinajstić information content (AvgIpc) is 3.11. The highest BCUT2D eigenvalue weighted by atomic mass is 16.5. The first kappa shape index (κ1) is 28.1. The summed E-state index contributed by atoms with van der Waals surface area (Å²) in [6, 6.07) is 13.2. The third-order valence-corrected chi connectivity index (χ3v) is 11.1. The molecule has 1 unspecified atom stereocenters. The molecule has 6 heteroatoms. The molecular weight excluding hydrogens is 568 g/mol. The first-order valence-corrected chi connectivity index (χ1v) is 17.5. The smallest absolute Gasteiger partial charge is 0.251 e. The molecule has 9 rings (SSSR count). The van der Waals surface area contributed by atoms with Crippen molar-refractivity contribution in [2.75, 3.05) is 44.2 Å². The highest BCUT2D eigenvalue weighted by Crippen LogP contribution is 2.48. The number of nitrogens with two attached hydrogens (primary N) is 1. The molecule has 0 saturated heterocycles. The van der Waals surface area contributed by atoms with E-state index in [0.717, 1.165) is 80.9 Å². The number of allylic oxidation sites excluding steroid dienone is 1. The Labute approximate surface area is 271 Å². The summed E-state index contributed by atoms with van der Waals surface area (Å²) in [5.74, 6) is 2.43. The second kappa shape index (κ2) is 11.3. The quantitative estimate of drug-likeness (QED) is 0.330. The van der Waals surface area contributed by atoms with Gasteiger partial charge in [-0.05, 0) is 91.8 Å². The van der Waals surface area contributed by atoms with Crippen molar-refractivity contribution >= 4 is 17.2 Å². The SMILES string of the molecule is NCC1=CCC(CNC(=O)c2ccc(C3=c4cc5c6c(c4Oc4c3cc3c7c4CCCN7CCC3)CCC[N+]=6CCC5)cc2)C=C1. The maximum atomic E-state index is 13.2. The first-order valence-electron chi connectivity index (χ1n) is 17.5. The summed E-state index contributed by atoms with van der Waals surface area (Å²) in [5.41, 5.74) is 18.5. The van der Waals surface area contributed by atoms with E-state index in [-0.39, 0.29) is 5.91 Å². The summed E-state index contributed by atoms with van der Waals surface area (Å²) in [7, 11) is 0. The van der Waals surface area contributed by atoms with Crippen LogP contribution in [-0.2, 0) is 25.7 Å². The van der Waals surface area contributed by atoms with Gasteiger partial charge in [-0.1, -0.05) is 30.4 Å². The van der Waals surface area contributed by atoms with E-state index in [9.17, 15) is 4.79 Å². The Kier molecular flexibility index (Phi) is 6.88. The van der Waals surface area contributed by atoms with Gasteiger partial charge in [0, 0.05) is 77.8 Å². The second-order valence-corrected chi connectivity index (χ2v) is 14.0. The number of ether oxygens (including phenoxy) is 1. The lowest BCUT2D eigenvalue weighted by molar-refractivity contribution is 0.0949. The van der Waals surface area contributed by atoms with Crippen LogP contribution in [0.25, 0.3) is 5.57 Å². The molecule has 3 aromatic rings. The largest absolute Gasteiger partial charge is 0.455 e. The van der Waals surface area contributed by atoms with Gasteiger partial charge in [0.15, 0.2) is 0 Å². The first-order chi connectivity index (χ1) is 22.7. The van der Waals surface area contributed by atoms with Crippen LogP contribution in [0, 0.1) is 5.92 Å². The van der Waals surface area contributed by atoms with Crippen molar-refractivity contribution in [2.24, 2.45) is 11.7 Å². The number of nitrogens with one attached hydrogen (secondary N) is 1. The average molecular weight is 612 g/mol. The number of fused-ring (bicyclic) bond motifs is 4. The van der Waals surface area contributed by atoms with E-state index in [2.05, 4.69) is 57.3 Å². The van der Waals surface area contributed by atoms with Crippen LogP contribution in [0.2, 0.25) is 0 Å². The molecule has 0 bridgehead atoms. The minimum Gasteiger partial charge on any atom is -0.455 e. The Morgan fingerprint density at radius 2 is 1.72 bits per heavy atom. The van der Waals surface area contributed by atoms with Crippen LogP contribution in [0.4, 0.5) is 5.69 Å². The highest BCUT2D eigenvalue weighted by molar-refractivity contribution is 5.95. The molecule has 6 nitrogen and oxygen atoms in total. The lowest BCUT2D eigenvalue weighted by Gasteiger charge is -2.39. The van der Waals surface area contributed by atoms with E-state index in [1.165, 1.54) is 75.3 Å². The van der Waals surface area contributed by atoms with Gasteiger partial charge in [0.05, 0.1) is 5.56 Å². The Morgan fingerprint density at radius 1 is 0.935 bits per heavy atom. The number of carbonyl (C=O) groups is 1. The van der Waals surface area contributed by atoms with E-state index in [1.807, 2.05) is 12.1 Å². The topological polar surface area (TPSA) is 70.6 Å². The zero-order valence-electron chi connectivity index (χ0n) is 26.7. The Hall–Kier alpha value is -4.16. The number of aryl methyl sites for hydroxylation is 2. The van der Waals surface area contributed by atoms with Crippen molar-refractivity contribution < 1.29 is 9.53 Å². The fraction of sp³-hybridized carbons (Fsp3) is 0.400. The van der Waals surface area contributed by atoms with E-state index >= 15 is 0 Å². The fourth-order valence-corrected chi connectivity index (χ4v) is 8.95. The van der Waals surface area contributed by atoms with Crippen LogP contribution >= 0.6 is 0 Å². The van der Waals surface area contributed by atoms with Gasteiger partial charge in [-0.3, -0.25) is 4.79 Å². The molecule has 1 aliphatic carbocycles. The summed E-state index contributed by atoms with van der Waals surface area (Å²) in [6.07, 6.45) is 16.5. The second-order valence-electron chi connectivity index (χ2n) is 14.0. The number of carbonyl (C=O) groups excluding carboxylic acids is 1. The number of hydrogen-bond donors (Lipinski definition) is 2. The third-order valence-electron chi connectivity index (χ3n) is 11.1. The minimum atomic E-state index is -0.0245. The lowest BCUT2D eigenvalue weighted by atomic mass is 9.82. The summed E-state index contributed by atoms with van der Waals surface area (Å²) in [4.78, 5) is 15.9. The van der Waals surface area contributed by atoms with Gasteiger partial charge in [-0.2, -0.15) is 0 Å². The van der Waals surface area contributed by atoms with Gasteiger partial charge in [0.1, 0.15) is 24.6 Å². The third kappa shape index (κ3) is 4.56. The van der Waals surface area contributed by atoms with Crippen molar-refractivity contribution in [3.05, 3.63) is 110 Å². The molecule has 3 N–H and O–H groups in total. The van der Waals surface area contributed by atoms with Crippen molar-refractivity contribution in [3.8, 4) is 11.5 Å². The molecule has 234 valence electrons. The number of anilines is 1. The van der Waals surface area contributed by atoms with E-state index < -0.39 is 0 Å². The molecule has 0 saturated carbocycles. The van der Waals surface area contributed by atoms with Gasteiger partial charge < -0.3 is 20.7 Å². The zero-order valence-corrected chi connectivity index (χ0v) is 26.7. The number of nitrogens with zero attached hydrogens (tertiary/aromatic N) is 2. The summed E-state index contributed by atoms with van der Waals surface area (Å²) in [5, 5.41) is 5.84. The standard InChI is InChI=1S/C40H42N4O2/c41-23-25-9-11-26(12-10-25)24-42-40(45)28-15-13-27(14-16-28)35-33-21-29-5-1-17-43-19-3-7-31(36(29)43)38(33)46-39-32-8-4-20-44-18-2-6-30(37(32)44)22-34(35)39/h9-11,13-16,21-22,26H,1-8,12,17-20,23-24,41H2/p+1. The zero-order chi connectivity index (χ0) is 30.8. The molecule has 5 heterocycles. The van der Waals surface area contributed by atoms with Crippen molar-refractivity contribution in [1.82, 2.24) is 9.89 Å². The van der Waals surface area contributed by atoms with Crippen LogP contribution in [-0.4, -0.2) is 45.2 Å². The maximum absolute atomic E-state index is 13.2. The van der Waals surface area contributed by atoms with E-state index in [4.69, 9.17) is 10.5 Å². The molecule has 46 heavy (non-hydrogen) atoms. The van der Waals surface area contributed by atoms with Crippen LogP contribution < -0.4 is 35.8 Å². The maximum Gasteiger partial charge on any atom is 0.251 e. The molecular formula is C40H43N4O2+. The fourth-order valence-electron chi connectivity index (χ4n) is 8.95. The van der Waals surface area contributed by atoms with Crippen LogP contribution in [0.5, 0.6) is 11.5 Å². The Balaban J connectivity index is 1.15. The molecule has 3 aromatic carbocycles. The molecule has 0 spiro atoms. The summed E-state index contributed by atoms with van der Waals surface area (Å²) in [6.45, 7) is 5.76. The van der Waals surface area contributed by atoms with Crippen LogP contribution in [0.1, 0.15) is 75.8 Å². The van der Waals surface area contributed by atoms with Gasteiger partial charge in [-0.25, -0.2) is 4.58 Å². The van der Waals surface area contributed by atoms with E-state index in [0.29, 0.717) is 24.6 Å². The number of amides is 1. The van der Waals surface area contributed by atoms with Crippen LogP contribution in [0.15, 0.2) is 60.2 Å². The summed E-state index contributed by atoms with van der Waals surface area (Å²) < 4.78 is 9.79. The number of rotatable bonds is 5. The molecule has 1 amide bonds. The molecule has 5 aliphatic heterocycles. The minimum absolute atomic E-state index is 0.0245. The van der Waals surface area contributed by atoms with Crippen LogP contribution in [0.3, 0.4) is 0 Å². The number of benzene rings is 3. The van der Waals surface area contributed by atoms with Crippen molar-refractivity contribution in [2.45, 2.75) is 57.8 Å².